The lowest BCUT2D eigenvalue weighted by Gasteiger charge is -2.49. The molecule has 2 saturated carbocycles. The molecule has 4 rings (SSSR count). The predicted molar refractivity (Wildman–Crippen MR) is 154 cm³/mol. The van der Waals surface area contributed by atoms with E-state index in [4.69, 9.17) is 18.6 Å². The van der Waals surface area contributed by atoms with Gasteiger partial charge in [-0.05, 0) is 85.9 Å². The number of carbonyl (C=O) groups excluding carboxylic acids is 1. The average Bonchev–Trinajstić information content (AvgIpc) is 2.85. The molecular formula is C32H52O5Si. The van der Waals surface area contributed by atoms with Crippen molar-refractivity contribution in [1.82, 2.24) is 0 Å². The third-order valence-corrected chi connectivity index (χ3v) is 14.6. The van der Waals surface area contributed by atoms with Gasteiger partial charge in [0.1, 0.15) is 12.9 Å². The number of cyclic esters (lactones) is 1. The average molecular weight is 545 g/mol. The zero-order valence-electron chi connectivity index (χ0n) is 24.7. The van der Waals surface area contributed by atoms with Gasteiger partial charge in [-0.25, -0.2) is 0 Å². The molecule has 214 valence electrons. The van der Waals surface area contributed by atoms with Crippen LogP contribution in [0, 0.1) is 23.7 Å². The van der Waals surface area contributed by atoms with Gasteiger partial charge in [-0.15, -0.1) is 0 Å². The minimum atomic E-state index is -1.73. The molecule has 1 aliphatic heterocycles. The Morgan fingerprint density at radius 1 is 0.974 bits per heavy atom. The Morgan fingerprint density at radius 3 is 2.47 bits per heavy atom. The third kappa shape index (κ3) is 7.93. The Balaban J connectivity index is 1.24. The van der Waals surface area contributed by atoms with Crippen molar-refractivity contribution in [3.05, 3.63) is 35.9 Å². The molecule has 1 aromatic carbocycles. The van der Waals surface area contributed by atoms with Crippen LogP contribution in [0.3, 0.4) is 0 Å². The van der Waals surface area contributed by atoms with E-state index in [2.05, 4.69) is 40.8 Å². The summed E-state index contributed by atoms with van der Waals surface area (Å²) in [6.45, 7) is 15.0. The van der Waals surface area contributed by atoms with Crippen molar-refractivity contribution in [1.29, 1.82) is 0 Å². The molecule has 7 atom stereocenters. The lowest BCUT2D eigenvalue weighted by atomic mass is 9.60. The molecule has 1 saturated heterocycles. The summed E-state index contributed by atoms with van der Waals surface area (Å²) < 4.78 is 24.3. The summed E-state index contributed by atoms with van der Waals surface area (Å²) in [6, 6.07) is 10.1. The molecule has 1 aromatic rings. The number of hydrogen-bond acceptors (Lipinski definition) is 5. The van der Waals surface area contributed by atoms with Gasteiger partial charge in [-0.2, -0.15) is 0 Å². The van der Waals surface area contributed by atoms with Gasteiger partial charge in [0.2, 0.25) is 0 Å². The first-order chi connectivity index (χ1) is 18.0. The van der Waals surface area contributed by atoms with Gasteiger partial charge in [0.25, 0.3) is 0 Å². The number of ether oxygens (including phenoxy) is 3. The topological polar surface area (TPSA) is 54.0 Å². The van der Waals surface area contributed by atoms with Crippen LogP contribution in [0.15, 0.2) is 30.3 Å². The van der Waals surface area contributed by atoms with Gasteiger partial charge >= 0.3 is 5.97 Å². The van der Waals surface area contributed by atoms with Crippen LogP contribution in [0.1, 0.15) is 91.0 Å². The Kier molecular flexibility index (Phi) is 10.2. The maximum Gasteiger partial charge on any atom is 0.308 e. The molecule has 0 bridgehead atoms. The van der Waals surface area contributed by atoms with Crippen LogP contribution in [0.4, 0.5) is 0 Å². The lowest BCUT2D eigenvalue weighted by molar-refractivity contribution is -0.172. The van der Waals surface area contributed by atoms with Gasteiger partial charge in [0, 0.05) is 12.5 Å². The second-order valence-electron chi connectivity index (χ2n) is 13.8. The van der Waals surface area contributed by atoms with E-state index in [0.717, 1.165) is 48.5 Å². The minimum absolute atomic E-state index is 0.0405. The number of benzene rings is 1. The fourth-order valence-electron chi connectivity index (χ4n) is 6.86. The quantitative estimate of drug-likeness (QED) is 0.130. The first-order valence-electron chi connectivity index (χ1n) is 15.1. The fraction of sp³-hybridized carbons (Fsp3) is 0.781. The molecule has 3 fully saturated rings. The molecule has 0 radical (unpaired) electrons. The molecule has 0 spiro atoms. The maximum atomic E-state index is 12.3. The predicted octanol–water partition coefficient (Wildman–Crippen LogP) is 7.88. The summed E-state index contributed by atoms with van der Waals surface area (Å²) in [7, 11) is -1.73. The molecule has 7 unspecified atom stereocenters. The molecule has 0 amide bonds. The molecule has 1 heterocycles. The highest BCUT2D eigenvalue weighted by Gasteiger charge is 2.45. The summed E-state index contributed by atoms with van der Waals surface area (Å²) in [5.74, 6) is 2.90. The largest absolute Gasteiger partial charge is 0.462 e. The van der Waals surface area contributed by atoms with Crippen LogP contribution < -0.4 is 0 Å². The zero-order chi connectivity index (χ0) is 27.3. The Bertz CT molecular complexity index is 882. The number of rotatable bonds is 10. The van der Waals surface area contributed by atoms with E-state index in [9.17, 15) is 4.79 Å². The van der Waals surface area contributed by atoms with E-state index in [1.54, 1.807) is 0 Å². The number of carbonyl (C=O) groups is 1. The molecule has 3 aliphatic rings. The Morgan fingerprint density at radius 2 is 1.74 bits per heavy atom. The highest BCUT2D eigenvalue weighted by atomic mass is 28.4. The van der Waals surface area contributed by atoms with Crippen LogP contribution in [0.5, 0.6) is 0 Å². The van der Waals surface area contributed by atoms with Crippen molar-refractivity contribution in [2.45, 2.75) is 129 Å². The van der Waals surface area contributed by atoms with E-state index in [1.807, 2.05) is 30.3 Å². The molecule has 2 aliphatic carbocycles. The number of fused-ring (bicyclic) bond motifs is 1. The van der Waals surface area contributed by atoms with Gasteiger partial charge in [-0.1, -0.05) is 64.4 Å². The molecular weight excluding hydrogens is 492 g/mol. The van der Waals surface area contributed by atoms with Crippen LogP contribution in [0.25, 0.3) is 0 Å². The smallest absolute Gasteiger partial charge is 0.308 e. The summed E-state index contributed by atoms with van der Waals surface area (Å²) in [4.78, 5) is 12.3. The van der Waals surface area contributed by atoms with Crippen LogP contribution in [-0.4, -0.2) is 39.4 Å². The first kappa shape index (κ1) is 29.8. The SMILES string of the molecule is CC1CCC2CC(O[Si](C)(C)C(C)(C)C)CCC2C1CCC1CC(OCOCc2ccccc2)CC(=O)O1. The van der Waals surface area contributed by atoms with Crippen molar-refractivity contribution in [3.8, 4) is 0 Å². The van der Waals surface area contributed by atoms with E-state index >= 15 is 0 Å². The summed E-state index contributed by atoms with van der Waals surface area (Å²) >= 11 is 0. The maximum absolute atomic E-state index is 12.3. The number of hydrogen-bond donors (Lipinski definition) is 0. The van der Waals surface area contributed by atoms with Crippen molar-refractivity contribution < 1.29 is 23.4 Å². The van der Waals surface area contributed by atoms with Gasteiger partial charge in [0.05, 0.1) is 19.1 Å². The summed E-state index contributed by atoms with van der Waals surface area (Å²) in [6.07, 6.45) is 9.85. The minimum Gasteiger partial charge on any atom is -0.462 e. The van der Waals surface area contributed by atoms with Gasteiger partial charge < -0.3 is 18.6 Å². The third-order valence-electron chi connectivity index (χ3n) is 10.1. The summed E-state index contributed by atoms with van der Waals surface area (Å²) in [5, 5.41) is 0.264. The van der Waals surface area contributed by atoms with Crippen molar-refractivity contribution in [2.75, 3.05) is 6.79 Å². The highest BCUT2D eigenvalue weighted by molar-refractivity contribution is 6.74. The van der Waals surface area contributed by atoms with E-state index < -0.39 is 8.32 Å². The van der Waals surface area contributed by atoms with Crippen LogP contribution >= 0.6 is 0 Å². The van der Waals surface area contributed by atoms with Crippen molar-refractivity contribution in [3.63, 3.8) is 0 Å². The Hall–Kier alpha value is -1.21. The van der Waals surface area contributed by atoms with E-state index in [1.165, 1.54) is 32.1 Å². The zero-order valence-corrected chi connectivity index (χ0v) is 25.7. The van der Waals surface area contributed by atoms with Crippen LogP contribution in [-0.2, 0) is 30.0 Å². The first-order valence-corrected chi connectivity index (χ1v) is 18.0. The van der Waals surface area contributed by atoms with Gasteiger partial charge in [0.15, 0.2) is 8.32 Å². The lowest BCUT2D eigenvalue weighted by Crippen LogP contribution is -2.47. The summed E-state index contributed by atoms with van der Waals surface area (Å²) in [5.41, 5.74) is 1.12. The molecule has 6 heteroatoms. The number of esters is 1. The van der Waals surface area contributed by atoms with Crippen molar-refractivity contribution in [2.24, 2.45) is 23.7 Å². The van der Waals surface area contributed by atoms with E-state index in [-0.39, 0.29) is 30.0 Å². The second-order valence-corrected chi connectivity index (χ2v) is 18.6. The monoisotopic (exact) mass is 544 g/mol. The highest BCUT2D eigenvalue weighted by Crippen LogP contribution is 2.50. The molecule has 0 N–H and O–H groups in total. The van der Waals surface area contributed by atoms with Crippen molar-refractivity contribution >= 4 is 14.3 Å². The second kappa shape index (κ2) is 13.0. The van der Waals surface area contributed by atoms with Gasteiger partial charge in [-0.3, -0.25) is 4.79 Å². The van der Waals surface area contributed by atoms with Crippen LogP contribution in [0.2, 0.25) is 18.1 Å². The normalized spacial score (nSPS) is 32.5. The Labute approximate surface area is 232 Å². The molecule has 0 aromatic heterocycles. The molecule has 38 heavy (non-hydrogen) atoms. The molecule has 5 nitrogen and oxygen atoms in total. The fourth-order valence-corrected chi connectivity index (χ4v) is 8.26. The van der Waals surface area contributed by atoms with E-state index in [0.29, 0.717) is 19.1 Å². The standard InChI is InChI=1S/C32H52O5Si/c1-23-12-13-25-18-27(37-38(5,6)32(2,3)4)15-17-30(25)29(23)16-14-26-19-28(20-31(33)36-26)35-22-34-21-24-10-8-7-9-11-24/h7-11,23,25-30H,12-22H2,1-6H3.